The summed E-state index contributed by atoms with van der Waals surface area (Å²) in [5.41, 5.74) is 22.1. The van der Waals surface area contributed by atoms with Gasteiger partial charge in [0.15, 0.2) is 5.96 Å². The molecule has 63 heavy (non-hydrogen) atoms. The lowest BCUT2D eigenvalue weighted by Gasteiger charge is -2.25. The Kier molecular flexibility index (Phi) is 21.6. The van der Waals surface area contributed by atoms with Gasteiger partial charge in [-0.25, -0.2) is 14.8 Å². The number of aliphatic hydroxyl groups is 1. The number of guanidine groups is 1. The van der Waals surface area contributed by atoms with Crippen molar-refractivity contribution in [1.82, 2.24) is 57.2 Å². The first-order chi connectivity index (χ1) is 29.8. The average molecular weight is 893 g/mol. The molecule has 6 unspecified atom stereocenters. The zero-order valence-corrected chi connectivity index (χ0v) is 33.6. The van der Waals surface area contributed by atoms with Gasteiger partial charge < -0.3 is 85.4 Å². The second-order valence-corrected chi connectivity index (χ2v) is 13.6. The van der Waals surface area contributed by atoms with Gasteiger partial charge in [0.1, 0.15) is 30.2 Å². The molecular formula is C34H52N16O13. The molecule has 0 aromatic carbocycles. The van der Waals surface area contributed by atoms with Crippen LogP contribution in [0.25, 0.3) is 0 Å². The van der Waals surface area contributed by atoms with Crippen LogP contribution in [0.2, 0.25) is 0 Å². The molecule has 2 aromatic rings. The summed E-state index contributed by atoms with van der Waals surface area (Å²) in [7, 11) is 0. The van der Waals surface area contributed by atoms with Gasteiger partial charge in [0.05, 0.1) is 44.8 Å². The van der Waals surface area contributed by atoms with Crippen molar-refractivity contribution in [3.8, 4) is 0 Å². The number of primary amides is 1. The summed E-state index contributed by atoms with van der Waals surface area (Å²) in [6, 6.07) is -9.09. The number of amides is 8. The van der Waals surface area contributed by atoms with Gasteiger partial charge in [-0.1, -0.05) is 0 Å². The standard InChI is InChI=1S/C34H52N16O13/c35-18(8-27(55)56)28(57)42-11-25(53)46-21(6-16-9-39-14-44-16)29(58)43-12-26(54)47-22(7-17-10-40-15-45-17)31(60)48-19(2-1-5-41-34(37)38)30(59)50-23(13-51)32(61)49-20(33(62)63)3-4-24(36)52/h9-10,14-15,18-23,51H,1-8,11-13,35H2,(H2,36,52)(H,39,44)(H,40,45)(H,42,57)(H,43,58)(H,46,53)(H,47,54)(H,48,60)(H,49,61)(H,50,59)(H,55,56)(H,62,63)(H4,37,38,41). The maximum absolute atomic E-state index is 13.8. The molecule has 0 aliphatic heterocycles. The number of aliphatic hydroxyl groups excluding tert-OH is 1. The normalized spacial score (nSPS) is 13.6. The summed E-state index contributed by atoms with van der Waals surface area (Å²) in [5.74, 6) is -10.7. The number of rotatable bonds is 29. The van der Waals surface area contributed by atoms with E-state index in [-0.39, 0.29) is 38.2 Å². The number of aromatic nitrogens is 4. The Balaban J connectivity index is 2.21. The number of carboxylic acid groups (broad SMARTS) is 2. The Bertz CT molecular complexity index is 1920. The lowest BCUT2D eigenvalue weighted by Crippen LogP contribution is -2.59. The number of nitrogens with one attached hydrogen (secondary N) is 9. The number of hydrogen-bond donors (Lipinski definition) is 16. The Morgan fingerprint density at radius 2 is 1.14 bits per heavy atom. The van der Waals surface area contributed by atoms with Crippen LogP contribution in [-0.2, 0) is 60.8 Å². The molecule has 0 spiro atoms. The highest BCUT2D eigenvalue weighted by Crippen LogP contribution is 2.06. The quantitative estimate of drug-likeness (QED) is 0.0205. The number of carboxylic acids is 2. The van der Waals surface area contributed by atoms with Crippen molar-refractivity contribution in [2.45, 2.75) is 81.2 Å². The second kappa shape index (κ2) is 26.5. The fourth-order valence-electron chi connectivity index (χ4n) is 5.34. The molecular weight excluding hydrogens is 840 g/mol. The number of nitrogens with two attached hydrogens (primary N) is 4. The van der Waals surface area contributed by atoms with Crippen LogP contribution < -0.4 is 60.2 Å². The summed E-state index contributed by atoms with van der Waals surface area (Å²) in [6.07, 6.45) is 3.31. The number of aliphatic carboxylic acids is 2. The molecule has 0 bridgehead atoms. The minimum Gasteiger partial charge on any atom is -0.481 e. The molecule has 0 saturated heterocycles. The van der Waals surface area contributed by atoms with Crippen LogP contribution in [0.4, 0.5) is 0 Å². The Hall–Kier alpha value is -7.69. The van der Waals surface area contributed by atoms with E-state index in [1.807, 2.05) is 0 Å². The highest BCUT2D eigenvalue weighted by Gasteiger charge is 2.32. The van der Waals surface area contributed by atoms with E-state index in [0.717, 1.165) is 0 Å². The van der Waals surface area contributed by atoms with Gasteiger partial charge in [-0.15, -0.1) is 0 Å². The maximum atomic E-state index is 13.8. The number of imidazole rings is 2. The van der Waals surface area contributed by atoms with E-state index in [0.29, 0.717) is 11.4 Å². The van der Waals surface area contributed by atoms with E-state index >= 15 is 0 Å². The van der Waals surface area contributed by atoms with Gasteiger partial charge in [0, 0.05) is 49.6 Å². The predicted octanol–water partition coefficient (Wildman–Crippen LogP) is -8.23. The minimum atomic E-state index is -1.74. The summed E-state index contributed by atoms with van der Waals surface area (Å²) in [5, 5.41) is 44.4. The van der Waals surface area contributed by atoms with E-state index in [2.05, 4.69) is 62.1 Å². The molecule has 6 atom stereocenters. The molecule has 8 amide bonds. The number of nitrogens with zero attached hydrogens (tertiary/aromatic N) is 3. The van der Waals surface area contributed by atoms with Crippen molar-refractivity contribution in [1.29, 1.82) is 0 Å². The van der Waals surface area contributed by atoms with E-state index in [1.54, 1.807) is 0 Å². The number of aromatic amines is 2. The number of carbonyl (C=O) groups is 10. The lowest BCUT2D eigenvalue weighted by atomic mass is 10.1. The summed E-state index contributed by atoms with van der Waals surface area (Å²) in [4.78, 5) is 142. The summed E-state index contributed by atoms with van der Waals surface area (Å²) in [6.45, 7) is -2.48. The van der Waals surface area contributed by atoms with Gasteiger partial charge in [0.25, 0.3) is 0 Å². The predicted molar refractivity (Wildman–Crippen MR) is 214 cm³/mol. The molecule has 0 radical (unpaired) electrons. The van der Waals surface area contributed by atoms with Gasteiger partial charge in [-0.2, -0.15) is 0 Å². The zero-order chi connectivity index (χ0) is 47.1. The van der Waals surface area contributed by atoms with Crippen LogP contribution in [-0.4, -0.2) is 163 Å². The number of hydrogen-bond acceptors (Lipinski definition) is 15. The van der Waals surface area contributed by atoms with Crippen molar-refractivity contribution >= 4 is 65.2 Å². The van der Waals surface area contributed by atoms with Crippen LogP contribution >= 0.6 is 0 Å². The van der Waals surface area contributed by atoms with Crippen molar-refractivity contribution < 1.29 is 63.3 Å². The Morgan fingerprint density at radius 1 is 0.651 bits per heavy atom. The van der Waals surface area contributed by atoms with Crippen LogP contribution in [0.15, 0.2) is 30.0 Å². The Labute approximate surface area is 357 Å². The molecule has 20 N–H and O–H groups in total. The van der Waals surface area contributed by atoms with Crippen molar-refractivity contribution in [2.75, 3.05) is 26.2 Å². The van der Waals surface area contributed by atoms with Gasteiger partial charge in [-0.3, -0.25) is 48.1 Å². The molecule has 0 aliphatic rings. The lowest BCUT2D eigenvalue weighted by molar-refractivity contribution is -0.143. The van der Waals surface area contributed by atoms with Crippen molar-refractivity contribution in [2.24, 2.45) is 27.9 Å². The SMILES string of the molecule is NC(=O)CCC(NC(=O)C(CO)NC(=O)C(CCCN=C(N)N)NC(=O)C(Cc1cnc[nH]1)NC(=O)CNC(=O)C(Cc1cnc[nH]1)NC(=O)CNC(=O)C(N)CC(=O)O)C(=O)O. The fraction of sp³-hybridized carbons (Fsp3) is 0.500. The summed E-state index contributed by atoms with van der Waals surface area (Å²) < 4.78 is 0. The largest absolute Gasteiger partial charge is 0.481 e. The van der Waals surface area contributed by atoms with Crippen LogP contribution in [0.1, 0.15) is 43.5 Å². The Morgan fingerprint density at radius 3 is 1.62 bits per heavy atom. The molecule has 29 heteroatoms. The first-order valence-corrected chi connectivity index (χ1v) is 18.9. The minimum absolute atomic E-state index is 0.0164. The molecule has 2 aromatic heterocycles. The molecule has 29 nitrogen and oxygen atoms in total. The maximum Gasteiger partial charge on any atom is 0.326 e. The number of carbonyl (C=O) groups excluding carboxylic acids is 8. The smallest absolute Gasteiger partial charge is 0.326 e. The highest BCUT2D eigenvalue weighted by atomic mass is 16.4. The zero-order valence-electron chi connectivity index (χ0n) is 33.6. The molecule has 2 heterocycles. The van der Waals surface area contributed by atoms with Crippen LogP contribution in [0.3, 0.4) is 0 Å². The molecule has 0 saturated carbocycles. The number of H-pyrrole nitrogens is 2. The van der Waals surface area contributed by atoms with Gasteiger partial charge in [0.2, 0.25) is 47.3 Å². The van der Waals surface area contributed by atoms with Gasteiger partial charge in [-0.05, 0) is 19.3 Å². The molecule has 0 aliphatic carbocycles. The van der Waals surface area contributed by atoms with Crippen molar-refractivity contribution in [3.05, 3.63) is 36.4 Å². The van der Waals surface area contributed by atoms with Gasteiger partial charge >= 0.3 is 11.9 Å². The van der Waals surface area contributed by atoms with E-state index in [1.165, 1.54) is 25.0 Å². The summed E-state index contributed by atoms with van der Waals surface area (Å²) >= 11 is 0. The van der Waals surface area contributed by atoms with Crippen LogP contribution in [0.5, 0.6) is 0 Å². The highest BCUT2D eigenvalue weighted by molar-refractivity contribution is 5.96. The first kappa shape index (κ1) is 51.5. The third kappa shape index (κ3) is 19.9. The first-order valence-electron chi connectivity index (χ1n) is 18.9. The second-order valence-electron chi connectivity index (χ2n) is 13.6. The molecule has 0 fully saturated rings. The third-order valence-electron chi connectivity index (χ3n) is 8.53. The van der Waals surface area contributed by atoms with E-state index in [9.17, 15) is 58.2 Å². The topological polar surface area (TPSA) is 489 Å². The molecule has 2 rings (SSSR count). The monoisotopic (exact) mass is 892 g/mol. The fourth-order valence-corrected chi connectivity index (χ4v) is 5.34. The average Bonchev–Trinajstić information content (AvgIpc) is 3.94. The van der Waals surface area contributed by atoms with Crippen molar-refractivity contribution in [3.63, 3.8) is 0 Å². The molecule has 346 valence electrons. The van der Waals surface area contributed by atoms with Crippen LogP contribution in [0, 0.1) is 0 Å². The third-order valence-corrected chi connectivity index (χ3v) is 8.53. The number of aliphatic imine (C=N–C) groups is 1. The van der Waals surface area contributed by atoms with E-state index in [4.69, 9.17) is 28.0 Å². The van der Waals surface area contributed by atoms with E-state index < -0.39 is 134 Å².